The molecule has 0 saturated carbocycles. The fourth-order valence-electron chi connectivity index (χ4n) is 3.82. The Morgan fingerprint density at radius 3 is 2.26 bits per heavy atom. The summed E-state index contributed by atoms with van der Waals surface area (Å²) in [5.41, 5.74) is -0.919. The van der Waals surface area contributed by atoms with Gasteiger partial charge in [0.2, 0.25) is 5.91 Å². The number of rotatable bonds is 5. The largest absolute Gasteiger partial charge is 0.444 e. The third kappa shape index (κ3) is 5.57. The average Bonchev–Trinajstić information content (AvgIpc) is 2.62. The van der Waals surface area contributed by atoms with Crippen LogP contribution in [0.3, 0.4) is 0 Å². The second-order valence-electron chi connectivity index (χ2n) is 8.85. The van der Waals surface area contributed by atoms with E-state index in [4.69, 9.17) is 9.47 Å². The van der Waals surface area contributed by atoms with Crippen molar-refractivity contribution in [3.8, 4) is 0 Å². The number of methoxy groups -OCH3 is 1. The normalized spacial score (nSPS) is 24.7. The van der Waals surface area contributed by atoms with E-state index in [1.54, 1.807) is 14.0 Å². The Kier molecular flexibility index (Phi) is 7.14. The molecule has 0 bridgehead atoms. The molecule has 2 fully saturated rings. The summed E-state index contributed by atoms with van der Waals surface area (Å²) in [5, 5.41) is 0. The minimum atomic E-state index is -0.564. The molecule has 2 atom stereocenters. The molecule has 7 nitrogen and oxygen atoms in total. The van der Waals surface area contributed by atoms with Crippen molar-refractivity contribution in [2.45, 2.75) is 77.7 Å². The van der Waals surface area contributed by atoms with E-state index in [1.165, 1.54) is 24.2 Å². The molecule has 0 aliphatic carbocycles. The Balaban J connectivity index is 1.93. The third-order valence-electron chi connectivity index (χ3n) is 5.69. The van der Waals surface area contributed by atoms with Crippen LogP contribution in [0.25, 0.3) is 0 Å². The maximum absolute atomic E-state index is 12.8. The fourth-order valence-corrected chi connectivity index (χ4v) is 3.82. The van der Waals surface area contributed by atoms with Crippen molar-refractivity contribution in [1.82, 2.24) is 14.7 Å². The fraction of sp³-hybridized carbons (Fsp3) is 0.900. The first-order valence-corrected chi connectivity index (χ1v) is 10.2. The van der Waals surface area contributed by atoms with Gasteiger partial charge in [-0.15, -0.1) is 0 Å². The molecule has 0 radical (unpaired) electrons. The van der Waals surface area contributed by atoms with Gasteiger partial charge < -0.3 is 14.4 Å². The van der Waals surface area contributed by atoms with Crippen molar-refractivity contribution in [2.24, 2.45) is 0 Å². The molecule has 2 saturated heterocycles. The van der Waals surface area contributed by atoms with Gasteiger partial charge in [-0.2, -0.15) is 0 Å². The monoisotopic (exact) mass is 383 g/mol. The molecule has 27 heavy (non-hydrogen) atoms. The quantitative estimate of drug-likeness (QED) is 0.730. The summed E-state index contributed by atoms with van der Waals surface area (Å²) in [7, 11) is 1.75. The lowest BCUT2D eigenvalue weighted by Gasteiger charge is -2.44. The second kappa shape index (κ2) is 8.78. The van der Waals surface area contributed by atoms with Crippen LogP contribution in [-0.4, -0.2) is 83.9 Å². The van der Waals surface area contributed by atoms with Crippen molar-refractivity contribution in [3.63, 3.8) is 0 Å². The average molecular weight is 384 g/mol. The zero-order chi connectivity index (χ0) is 20.2. The lowest BCUT2D eigenvalue weighted by molar-refractivity contribution is -0.150. The van der Waals surface area contributed by atoms with Crippen LogP contribution in [0.2, 0.25) is 0 Å². The van der Waals surface area contributed by atoms with E-state index >= 15 is 0 Å². The molecule has 0 aromatic carbocycles. The van der Waals surface area contributed by atoms with Gasteiger partial charge in [0.1, 0.15) is 17.4 Å². The third-order valence-corrected chi connectivity index (χ3v) is 5.69. The van der Waals surface area contributed by atoms with Crippen LogP contribution >= 0.6 is 0 Å². The molecule has 156 valence electrons. The molecule has 0 N–H and O–H groups in total. The van der Waals surface area contributed by atoms with Gasteiger partial charge >= 0.3 is 6.09 Å². The minimum absolute atomic E-state index is 0.0239. The summed E-state index contributed by atoms with van der Waals surface area (Å²) >= 11 is 0. The van der Waals surface area contributed by atoms with Crippen molar-refractivity contribution in [3.05, 3.63) is 0 Å². The molecule has 0 aromatic heterocycles. The molecule has 2 heterocycles. The number of ether oxygens (including phenoxy) is 2. The number of likely N-dealkylation sites (tertiary alicyclic amines) is 1. The van der Waals surface area contributed by atoms with Gasteiger partial charge in [-0.05, 0) is 47.5 Å². The Morgan fingerprint density at radius 1 is 1.07 bits per heavy atom. The highest BCUT2D eigenvalue weighted by molar-refractivity contribution is 5.86. The predicted molar refractivity (Wildman–Crippen MR) is 104 cm³/mol. The summed E-state index contributed by atoms with van der Waals surface area (Å²) in [6, 6.07) is -0.502. The lowest BCUT2D eigenvalue weighted by Crippen LogP contribution is -2.59. The first kappa shape index (κ1) is 22.0. The Labute approximate surface area is 163 Å². The van der Waals surface area contributed by atoms with Crippen LogP contribution in [0.4, 0.5) is 4.79 Å². The predicted octanol–water partition coefficient (Wildman–Crippen LogP) is 2.69. The molecular weight excluding hydrogens is 346 g/mol. The molecule has 2 aliphatic heterocycles. The van der Waals surface area contributed by atoms with Crippen LogP contribution in [0, 0.1) is 0 Å². The summed E-state index contributed by atoms with van der Waals surface area (Å²) in [4.78, 5) is 30.9. The van der Waals surface area contributed by atoms with Gasteiger partial charge in [0, 0.05) is 46.3 Å². The number of nitrogens with zero attached hydrogens (tertiary/aromatic N) is 3. The van der Waals surface area contributed by atoms with Crippen LogP contribution in [-0.2, 0) is 14.3 Å². The number of hydrogen-bond donors (Lipinski definition) is 0. The van der Waals surface area contributed by atoms with Crippen molar-refractivity contribution < 1.29 is 19.1 Å². The van der Waals surface area contributed by atoms with Gasteiger partial charge in [0.05, 0.1) is 0 Å². The number of piperazine rings is 1. The van der Waals surface area contributed by atoms with Crippen molar-refractivity contribution in [2.75, 3.05) is 39.8 Å². The summed E-state index contributed by atoms with van der Waals surface area (Å²) in [6.07, 6.45) is 4.01. The lowest BCUT2D eigenvalue weighted by atomic mass is 10.0. The van der Waals surface area contributed by atoms with E-state index < -0.39 is 17.7 Å². The second-order valence-corrected chi connectivity index (χ2v) is 8.85. The molecule has 2 amide bonds. The minimum Gasteiger partial charge on any atom is -0.444 e. The van der Waals surface area contributed by atoms with Gasteiger partial charge in [0.15, 0.2) is 0 Å². The number of carbonyl (C=O) groups is 2. The van der Waals surface area contributed by atoms with E-state index in [0.29, 0.717) is 19.6 Å². The molecular formula is C20H37N3O4. The van der Waals surface area contributed by atoms with Crippen molar-refractivity contribution in [1.29, 1.82) is 0 Å². The molecule has 0 spiro atoms. The van der Waals surface area contributed by atoms with E-state index in [9.17, 15) is 9.59 Å². The Morgan fingerprint density at radius 2 is 1.70 bits per heavy atom. The molecule has 2 aliphatic rings. The molecule has 7 heteroatoms. The zero-order valence-electron chi connectivity index (χ0n) is 17.9. The van der Waals surface area contributed by atoms with E-state index in [1.807, 2.05) is 25.7 Å². The van der Waals surface area contributed by atoms with Crippen molar-refractivity contribution >= 4 is 12.0 Å². The van der Waals surface area contributed by atoms with E-state index in [-0.39, 0.29) is 11.6 Å². The van der Waals surface area contributed by atoms with E-state index in [2.05, 4.69) is 11.8 Å². The number of carbonyl (C=O) groups excluding carboxylic acids is 2. The molecule has 0 aromatic rings. The first-order chi connectivity index (χ1) is 12.6. The summed E-state index contributed by atoms with van der Waals surface area (Å²) in [6.45, 7) is 13.1. The van der Waals surface area contributed by atoms with Crippen LogP contribution in [0.5, 0.6) is 0 Å². The van der Waals surface area contributed by atoms with Gasteiger partial charge in [-0.25, -0.2) is 4.79 Å². The smallest absolute Gasteiger partial charge is 0.411 e. The summed E-state index contributed by atoms with van der Waals surface area (Å²) in [5.74, 6) is -0.0239. The van der Waals surface area contributed by atoms with Gasteiger partial charge in [-0.1, -0.05) is 6.42 Å². The number of piperidine rings is 1. The van der Waals surface area contributed by atoms with Crippen LogP contribution < -0.4 is 0 Å². The zero-order valence-corrected chi connectivity index (χ0v) is 17.9. The number of amides is 2. The van der Waals surface area contributed by atoms with Gasteiger partial charge in [-0.3, -0.25) is 14.6 Å². The van der Waals surface area contributed by atoms with E-state index in [0.717, 1.165) is 19.5 Å². The standard InChI is InChI=1S/C20H37N3O4/c1-16-17(24)21(14-15-23(16)18(25)27-19(2,3)4)13-10-20(5,26-6)22-11-8-7-9-12-22/h16H,7-15H2,1-6H3/t16-,20?/m0/s1. The highest BCUT2D eigenvalue weighted by atomic mass is 16.6. The topological polar surface area (TPSA) is 62.3 Å². The Bertz CT molecular complexity index is 528. The maximum atomic E-state index is 12.8. The highest BCUT2D eigenvalue weighted by Gasteiger charge is 2.38. The van der Waals surface area contributed by atoms with Crippen LogP contribution in [0.15, 0.2) is 0 Å². The SMILES string of the molecule is COC(C)(CCN1CCN(C(=O)OC(C)(C)C)[C@@H](C)C1=O)N1CCCCC1. The maximum Gasteiger partial charge on any atom is 0.411 e. The molecule has 2 rings (SSSR count). The van der Waals surface area contributed by atoms with Crippen LogP contribution in [0.1, 0.15) is 60.3 Å². The number of hydrogen-bond acceptors (Lipinski definition) is 5. The van der Waals surface area contributed by atoms with Gasteiger partial charge in [0.25, 0.3) is 0 Å². The first-order valence-electron chi connectivity index (χ1n) is 10.2. The Hall–Kier alpha value is -1.34. The highest BCUT2D eigenvalue weighted by Crippen LogP contribution is 2.26. The summed E-state index contributed by atoms with van der Waals surface area (Å²) < 4.78 is 11.3. The molecule has 1 unspecified atom stereocenters.